The quantitative estimate of drug-likeness (QED) is 0.801. The zero-order valence-electron chi connectivity index (χ0n) is 12.3. The molecule has 4 heteroatoms. The molecule has 20 heavy (non-hydrogen) atoms. The molecule has 1 aliphatic rings. The van der Waals surface area contributed by atoms with E-state index >= 15 is 0 Å². The Hall–Kier alpha value is -1.55. The van der Waals surface area contributed by atoms with Crippen molar-refractivity contribution in [3.8, 4) is 0 Å². The topological polar surface area (TPSA) is 58.4 Å². The van der Waals surface area contributed by atoms with E-state index in [1.165, 1.54) is 31.4 Å². The van der Waals surface area contributed by atoms with Crippen molar-refractivity contribution < 1.29 is 4.79 Å². The van der Waals surface area contributed by atoms with Crippen LogP contribution in [0, 0.1) is 0 Å². The van der Waals surface area contributed by atoms with Gasteiger partial charge in [-0.15, -0.1) is 0 Å². The summed E-state index contributed by atoms with van der Waals surface area (Å²) in [5.74, 6) is -0.367. The van der Waals surface area contributed by atoms with Crippen LogP contribution < -0.4 is 16.0 Å². The van der Waals surface area contributed by atoms with Crippen molar-refractivity contribution in [3.05, 3.63) is 29.8 Å². The normalized spacial score (nSPS) is 18.1. The number of nitrogens with two attached hydrogens (primary N) is 1. The summed E-state index contributed by atoms with van der Waals surface area (Å²) in [7, 11) is 0. The standard InChI is InChI=1S/C16H25N3O/c1-2-3-11-19(12-14-5-4-10-18-14)15-8-6-13(7-9-15)16(17)20/h6-9,14,18H,2-5,10-12H2,1H3,(H2,17,20). The van der Waals surface area contributed by atoms with Crippen molar-refractivity contribution in [3.63, 3.8) is 0 Å². The van der Waals surface area contributed by atoms with Gasteiger partial charge in [0, 0.05) is 30.4 Å². The third-order valence-electron chi connectivity index (χ3n) is 3.90. The van der Waals surface area contributed by atoms with E-state index in [0.29, 0.717) is 11.6 Å². The van der Waals surface area contributed by atoms with Gasteiger partial charge in [0.2, 0.25) is 5.91 Å². The molecule has 3 N–H and O–H groups in total. The number of carbonyl (C=O) groups is 1. The van der Waals surface area contributed by atoms with Crippen molar-refractivity contribution >= 4 is 11.6 Å². The van der Waals surface area contributed by atoms with Crippen molar-refractivity contribution in [2.24, 2.45) is 5.73 Å². The number of nitrogens with one attached hydrogen (secondary N) is 1. The monoisotopic (exact) mass is 275 g/mol. The van der Waals surface area contributed by atoms with E-state index in [4.69, 9.17) is 5.73 Å². The Labute approximate surface area is 121 Å². The third kappa shape index (κ3) is 3.97. The molecule has 1 aromatic rings. The van der Waals surface area contributed by atoms with Crippen LogP contribution in [0.25, 0.3) is 0 Å². The lowest BCUT2D eigenvalue weighted by molar-refractivity contribution is 0.100. The first-order valence-corrected chi connectivity index (χ1v) is 7.59. The lowest BCUT2D eigenvalue weighted by Crippen LogP contribution is -2.38. The zero-order valence-corrected chi connectivity index (χ0v) is 12.3. The first-order valence-electron chi connectivity index (χ1n) is 7.59. The van der Waals surface area contributed by atoms with Gasteiger partial charge in [0.05, 0.1) is 0 Å². The number of hydrogen-bond donors (Lipinski definition) is 2. The Kier molecular flexibility index (Phi) is 5.41. The van der Waals surface area contributed by atoms with Crippen molar-refractivity contribution in [2.75, 3.05) is 24.5 Å². The Morgan fingerprint density at radius 3 is 2.70 bits per heavy atom. The SMILES string of the molecule is CCCCN(CC1CCCN1)c1ccc(C(N)=O)cc1. The lowest BCUT2D eigenvalue weighted by Gasteiger charge is -2.28. The van der Waals surface area contributed by atoms with E-state index in [9.17, 15) is 4.79 Å². The molecular weight excluding hydrogens is 250 g/mol. The van der Waals surface area contributed by atoms with Crippen LogP contribution in [-0.4, -0.2) is 31.6 Å². The molecule has 1 unspecified atom stereocenters. The molecule has 1 aromatic carbocycles. The first kappa shape index (κ1) is 14.9. The highest BCUT2D eigenvalue weighted by Gasteiger charge is 2.18. The molecule has 1 atom stereocenters. The van der Waals surface area contributed by atoms with E-state index in [1.807, 2.05) is 24.3 Å². The number of primary amides is 1. The average Bonchev–Trinajstić information content (AvgIpc) is 2.96. The van der Waals surface area contributed by atoms with Gasteiger partial charge in [-0.05, 0) is 50.1 Å². The molecule has 0 radical (unpaired) electrons. The van der Waals surface area contributed by atoms with E-state index in [0.717, 1.165) is 19.6 Å². The minimum absolute atomic E-state index is 0.367. The zero-order chi connectivity index (χ0) is 14.4. The first-order chi connectivity index (χ1) is 9.70. The second-order valence-electron chi connectivity index (χ2n) is 5.50. The fraction of sp³-hybridized carbons (Fsp3) is 0.562. The highest BCUT2D eigenvalue weighted by molar-refractivity contribution is 5.93. The highest BCUT2D eigenvalue weighted by atomic mass is 16.1. The molecule has 0 aromatic heterocycles. The number of benzene rings is 1. The van der Waals surface area contributed by atoms with E-state index in [-0.39, 0.29) is 5.91 Å². The molecule has 0 bridgehead atoms. The molecule has 0 aliphatic carbocycles. The summed E-state index contributed by atoms with van der Waals surface area (Å²) in [5.41, 5.74) is 7.04. The summed E-state index contributed by atoms with van der Waals surface area (Å²) in [5, 5.41) is 3.55. The summed E-state index contributed by atoms with van der Waals surface area (Å²) in [6.45, 7) is 5.44. The van der Waals surface area contributed by atoms with E-state index in [1.54, 1.807) is 0 Å². The van der Waals surface area contributed by atoms with Gasteiger partial charge in [0.1, 0.15) is 0 Å². The highest BCUT2D eigenvalue weighted by Crippen LogP contribution is 2.18. The van der Waals surface area contributed by atoms with Crippen molar-refractivity contribution in [1.82, 2.24) is 5.32 Å². The predicted molar refractivity (Wildman–Crippen MR) is 83.1 cm³/mol. The Morgan fingerprint density at radius 1 is 1.40 bits per heavy atom. The van der Waals surface area contributed by atoms with E-state index < -0.39 is 0 Å². The van der Waals surface area contributed by atoms with Crippen LogP contribution in [0.2, 0.25) is 0 Å². The minimum atomic E-state index is -0.367. The number of carbonyl (C=O) groups excluding carboxylic acids is 1. The van der Waals surface area contributed by atoms with Gasteiger partial charge in [-0.3, -0.25) is 4.79 Å². The maximum absolute atomic E-state index is 11.1. The van der Waals surface area contributed by atoms with Gasteiger partial charge < -0.3 is 16.0 Å². The smallest absolute Gasteiger partial charge is 0.248 e. The molecular formula is C16H25N3O. The molecule has 1 aliphatic heterocycles. The summed E-state index contributed by atoms with van der Waals surface area (Å²) in [6, 6.07) is 8.23. The van der Waals surface area contributed by atoms with Gasteiger partial charge in [-0.1, -0.05) is 13.3 Å². The van der Waals surface area contributed by atoms with Crippen LogP contribution >= 0.6 is 0 Å². The third-order valence-corrected chi connectivity index (χ3v) is 3.90. The Morgan fingerprint density at radius 2 is 2.15 bits per heavy atom. The maximum atomic E-state index is 11.1. The summed E-state index contributed by atoms with van der Waals surface area (Å²) in [6.07, 6.45) is 4.90. The number of nitrogens with zero attached hydrogens (tertiary/aromatic N) is 1. The summed E-state index contributed by atoms with van der Waals surface area (Å²) < 4.78 is 0. The number of amides is 1. The second-order valence-corrected chi connectivity index (χ2v) is 5.50. The number of anilines is 1. The number of hydrogen-bond acceptors (Lipinski definition) is 3. The molecule has 110 valence electrons. The van der Waals surface area contributed by atoms with Gasteiger partial charge in [0.25, 0.3) is 0 Å². The summed E-state index contributed by atoms with van der Waals surface area (Å²) >= 11 is 0. The largest absolute Gasteiger partial charge is 0.370 e. The van der Waals surface area contributed by atoms with Crippen molar-refractivity contribution in [2.45, 2.75) is 38.6 Å². The Balaban J connectivity index is 2.05. The molecule has 4 nitrogen and oxygen atoms in total. The van der Waals surface area contributed by atoms with Gasteiger partial charge in [-0.2, -0.15) is 0 Å². The lowest BCUT2D eigenvalue weighted by atomic mass is 10.1. The molecule has 0 spiro atoms. The molecule has 1 fully saturated rings. The Bertz CT molecular complexity index is 424. The van der Waals surface area contributed by atoms with Crippen LogP contribution in [-0.2, 0) is 0 Å². The van der Waals surface area contributed by atoms with Crippen LogP contribution in [0.5, 0.6) is 0 Å². The van der Waals surface area contributed by atoms with E-state index in [2.05, 4.69) is 17.1 Å². The van der Waals surface area contributed by atoms with Gasteiger partial charge in [0.15, 0.2) is 0 Å². The second kappa shape index (κ2) is 7.29. The fourth-order valence-electron chi connectivity index (χ4n) is 2.69. The predicted octanol–water partition coefficient (Wildman–Crippen LogP) is 2.14. The van der Waals surface area contributed by atoms with Crippen LogP contribution in [0.1, 0.15) is 43.0 Å². The minimum Gasteiger partial charge on any atom is -0.370 e. The maximum Gasteiger partial charge on any atom is 0.248 e. The van der Waals surface area contributed by atoms with Gasteiger partial charge >= 0.3 is 0 Å². The van der Waals surface area contributed by atoms with Crippen molar-refractivity contribution in [1.29, 1.82) is 0 Å². The fourth-order valence-corrected chi connectivity index (χ4v) is 2.69. The average molecular weight is 275 g/mol. The van der Waals surface area contributed by atoms with Gasteiger partial charge in [-0.25, -0.2) is 0 Å². The van der Waals surface area contributed by atoms with Crippen LogP contribution in [0.3, 0.4) is 0 Å². The molecule has 1 amide bonds. The number of rotatable bonds is 7. The molecule has 1 heterocycles. The molecule has 2 rings (SSSR count). The van der Waals surface area contributed by atoms with Crippen LogP contribution in [0.4, 0.5) is 5.69 Å². The van der Waals surface area contributed by atoms with Crippen LogP contribution in [0.15, 0.2) is 24.3 Å². The molecule has 0 saturated carbocycles. The summed E-state index contributed by atoms with van der Waals surface area (Å²) in [4.78, 5) is 13.5. The molecule has 1 saturated heterocycles. The number of unbranched alkanes of at least 4 members (excludes halogenated alkanes) is 1.